The zero-order valence-corrected chi connectivity index (χ0v) is 13.6. The number of rotatable bonds is 6. The molecule has 2 aromatic rings. The molecule has 1 atom stereocenters. The van der Waals surface area contributed by atoms with E-state index in [-0.39, 0.29) is 6.04 Å². The maximum Gasteiger partial charge on any atom is 0.161 e. The van der Waals surface area contributed by atoms with Crippen LogP contribution in [0.4, 0.5) is 0 Å². The van der Waals surface area contributed by atoms with Crippen LogP contribution >= 0.6 is 0 Å². The second-order valence-corrected chi connectivity index (χ2v) is 5.33. The molecule has 4 heteroatoms. The molecule has 1 heterocycles. The molecule has 0 aliphatic rings. The van der Waals surface area contributed by atoms with E-state index < -0.39 is 0 Å². The normalized spacial score (nSPS) is 12.4. The number of nitrogens with one attached hydrogen (secondary N) is 1. The van der Waals surface area contributed by atoms with E-state index in [2.05, 4.69) is 56.3 Å². The van der Waals surface area contributed by atoms with Crippen LogP contribution in [-0.4, -0.2) is 23.4 Å². The monoisotopic (exact) mass is 287 g/mol. The minimum atomic E-state index is 0.0889. The lowest BCUT2D eigenvalue weighted by atomic mass is 9.98. The highest BCUT2D eigenvalue weighted by molar-refractivity contribution is 5.39. The average molecular weight is 287 g/mol. The van der Waals surface area contributed by atoms with Crippen molar-refractivity contribution >= 4 is 0 Å². The summed E-state index contributed by atoms with van der Waals surface area (Å²) < 4.78 is 7.52. The summed E-state index contributed by atoms with van der Waals surface area (Å²) in [4.78, 5) is 0. The molecule has 0 saturated carbocycles. The number of nitrogens with zero attached hydrogens (tertiary/aromatic N) is 2. The first-order valence-electron chi connectivity index (χ1n) is 7.51. The summed E-state index contributed by atoms with van der Waals surface area (Å²) in [5.74, 6) is 0.835. The highest BCUT2D eigenvalue weighted by Gasteiger charge is 2.22. The van der Waals surface area contributed by atoms with Gasteiger partial charge in [0.25, 0.3) is 0 Å². The van der Waals surface area contributed by atoms with Crippen molar-refractivity contribution in [3.05, 3.63) is 46.8 Å². The van der Waals surface area contributed by atoms with Gasteiger partial charge in [0.2, 0.25) is 0 Å². The minimum Gasteiger partial charge on any atom is -0.493 e. The molecule has 0 spiro atoms. The van der Waals surface area contributed by atoms with Crippen molar-refractivity contribution in [3.63, 3.8) is 0 Å². The van der Waals surface area contributed by atoms with Gasteiger partial charge in [-0.05, 0) is 32.9 Å². The molecule has 0 aliphatic heterocycles. The number of benzene rings is 1. The van der Waals surface area contributed by atoms with Crippen LogP contribution in [-0.2, 0) is 6.54 Å². The summed E-state index contributed by atoms with van der Waals surface area (Å²) in [6.45, 7) is 10.2. The van der Waals surface area contributed by atoms with Gasteiger partial charge < -0.3 is 10.1 Å². The molecule has 4 nitrogen and oxygen atoms in total. The van der Waals surface area contributed by atoms with E-state index in [1.807, 2.05) is 4.68 Å². The summed E-state index contributed by atoms with van der Waals surface area (Å²) in [6, 6.07) is 6.74. The van der Waals surface area contributed by atoms with E-state index >= 15 is 0 Å². The molecule has 114 valence electrons. The van der Waals surface area contributed by atoms with Crippen LogP contribution in [0.15, 0.2) is 24.4 Å². The van der Waals surface area contributed by atoms with Crippen LogP contribution in [0.5, 0.6) is 5.75 Å². The molecule has 0 fully saturated rings. The SMILES string of the molecule is CCNC(c1cc(C)cc(C)c1)c1c(OC)cnn1CC. The standard InChI is InChI=1S/C17H25N3O/c1-6-18-16(14-9-12(3)8-13(4)10-14)17-15(21-5)11-19-20(17)7-2/h8-11,16,18H,6-7H2,1-5H3. The number of hydrogen-bond donors (Lipinski definition) is 1. The van der Waals surface area contributed by atoms with E-state index in [1.54, 1.807) is 13.3 Å². The van der Waals surface area contributed by atoms with Gasteiger partial charge in [-0.25, -0.2) is 0 Å². The molecular weight excluding hydrogens is 262 g/mol. The molecule has 0 bridgehead atoms. The first-order chi connectivity index (χ1) is 10.1. The maximum absolute atomic E-state index is 5.51. The Bertz CT molecular complexity index is 562. The van der Waals surface area contributed by atoms with Crippen LogP contribution in [0, 0.1) is 13.8 Å². The maximum atomic E-state index is 5.51. The Kier molecular flexibility index (Phi) is 5.02. The lowest BCUT2D eigenvalue weighted by Gasteiger charge is -2.21. The van der Waals surface area contributed by atoms with Crippen LogP contribution < -0.4 is 10.1 Å². The molecule has 0 radical (unpaired) electrons. The summed E-state index contributed by atoms with van der Waals surface area (Å²) in [7, 11) is 1.70. The van der Waals surface area contributed by atoms with Gasteiger partial charge in [-0.3, -0.25) is 4.68 Å². The Morgan fingerprint density at radius 2 is 1.86 bits per heavy atom. The summed E-state index contributed by atoms with van der Waals surface area (Å²) >= 11 is 0. The van der Waals surface area contributed by atoms with Crippen molar-refractivity contribution < 1.29 is 4.74 Å². The molecule has 0 saturated heterocycles. The quantitative estimate of drug-likeness (QED) is 0.886. The van der Waals surface area contributed by atoms with Crippen LogP contribution in [0.25, 0.3) is 0 Å². The van der Waals surface area contributed by atoms with Crippen molar-refractivity contribution in [1.82, 2.24) is 15.1 Å². The molecule has 0 aliphatic carbocycles. The third kappa shape index (κ3) is 3.27. The van der Waals surface area contributed by atoms with Crippen molar-refractivity contribution in [2.75, 3.05) is 13.7 Å². The Labute approximate surface area is 127 Å². The van der Waals surface area contributed by atoms with Gasteiger partial charge in [-0.15, -0.1) is 0 Å². The predicted molar refractivity (Wildman–Crippen MR) is 85.9 cm³/mol. The average Bonchev–Trinajstić information content (AvgIpc) is 2.86. The topological polar surface area (TPSA) is 39.1 Å². The Balaban J connectivity index is 2.55. The summed E-state index contributed by atoms with van der Waals surface area (Å²) in [5.41, 5.74) is 4.89. The molecule has 1 unspecified atom stereocenters. The Morgan fingerprint density at radius 3 is 2.38 bits per heavy atom. The third-order valence-corrected chi connectivity index (χ3v) is 3.62. The van der Waals surface area contributed by atoms with Crippen molar-refractivity contribution in [1.29, 1.82) is 0 Å². The smallest absolute Gasteiger partial charge is 0.161 e. The van der Waals surface area contributed by atoms with Crippen molar-refractivity contribution in [3.8, 4) is 5.75 Å². The van der Waals surface area contributed by atoms with E-state index in [4.69, 9.17) is 4.74 Å². The number of hydrogen-bond acceptors (Lipinski definition) is 3. The van der Waals surface area contributed by atoms with Gasteiger partial charge in [-0.1, -0.05) is 36.2 Å². The lowest BCUT2D eigenvalue weighted by molar-refractivity contribution is 0.399. The van der Waals surface area contributed by atoms with E-state index in [0.717, 1.165) is 24.5 Å². The fraction of sp³-hybridized carbons (Fsp3) is 0.471. The summed E-state index contributed by atoms with van der Waals surface area (Å²) in [6.07, 6.45) is 1.80. The molecule has 2 rings (SSSR count). The fourth-order valence-electron chi connectivity index (χ4n) is 2.83. The van der Waals surface area contributed by atoms with Gasteiger partial charge in [0.15, 0.2) is 5.75 Å². The van der Waals surface area contributed by atoms with E-state index in [0.29, 0.717) is 0 Å². The first kappa shape index (κ1) is 15.6. The first-order valence-corrected chi connectivity index (χ1v) is 7.51. The number of ether oxygens (including phenoxy) is 1. The second-order valence-electron chi connectivity index (χ2n) is 5.33. The van der Waals surface area contributed by atoms with Gasteiger partial charge in [-0.2, -0.15) is 5.10 Å². The third-order valence-electron chi connectivity index (χ3n) is 3.62. The van der Waals surface area contributed by atoms with E-state index in [1.165, 1.54) is 16.7 Å². The lowest BCUT2D eigenvalue weighted by Crippen LogP contribution is -2.25. The highest BCUT2D eigenvalue weighted by Crippen LogP contribution is 2.31. The van der Waals surface area contributed by atoms with E-state index in [9.17, 15) is 0 Å². The Hall–Kier alpha value is -1.81. The zero-order chi connectivity index (χ0) is 15.4. The van der Waals surface area contributed by atoms with Gasteiger partial charge in [0.1, 0.15) is 5.69 Å². The van der Waals surface area contributed by atoms with Gasteiger partial charge >= 0.3 is 0 Å². The molecule has 21 heavy (non-hydrogen) atoms. The molecule has 0 amide bonds. The Morgan fingerprint density at radius 1 is 1.19 bits per heavy atom. The molecular formula is C17H25N3O. The second kappa shape index (κ2) is 6.76. The minimum absolute atomic E-state index is 0.0889. The summed E-state index contributed by atoms with van der Waals surface area (Å²) in [5, 5.41) is 7.99. The largest absolute Gasteiger partial charge is 0.493 e. The van der Waals surface area contributed by atoms with Crippen molar-refractivity contribution in [2.45, 2.75) is 40.3 Å². The number of aryl methyl sites for hydroxylation is 3. The number of aromatic nitrogens is 2. The molecule has 1 aromatic heterocycles. The predicted octanol–water partition coefficient (Wildman–Crippen LogP) is 3.23. The fourth-order valence-corrected chi connectivity index (χ4v) is 2.83. The molecule has 1 N–H and O–H groups in total. The zero-order valence-electron chi connectivity index (χ0n) is 13.6. The number of methoxy groups -OCH3 is 1. The van der Waals surface area contributed by atoms with Crippen LogP contribution in [0.3, 0.4) is 0 Å². The van der Waals surface area contributed by atoms with Gasteiger partial charge in [0, 0.05) is 6.54 Å². The highest BCUT2D eigenvalue weighted by atomic mass is 16.5. The van der Waals surface area contributed by atoms with Gasteiger partial charge in [0.05, 0.1) is 19.3 Å². The van der Waals surface area contributed by atoms with Crippen LogP contribution in [0.1, 0.15) is 42.3 Å². The van der Waals surface area contributed by atoms with Crippen LogP contribution in [0.2, 0.25) is 0 Å². The van der Waals surface area contributed by atoms with Crippen molar-refractivity contribution in [2.24, 2.45) is 0 Å². The molecule has 1 aromatic carbocycles.